The highest BCUT2D eigenvalue weighted by atomic mass is 79.9. The Balaban J connectivity index is 2.13. The van der Waals surface area contributed by atoms with Gasteiger partial charge in [0.25, 0.3) is 0 Å². The minimum Gasteiger partial charge on any atom is -0.297 e. The predicted octanol–water partition coefficient (Wildman–Crippen LogP) is 4.18. The molecule has 0 N–H and O–H groups in total. The van der Waals surface area contributed by atoms with Gasteiger partial charge in [0, 0.05) is 24.0 Å². The molecule has 1 heterocycles. The molecule has 1 saturated heterocycles. The first-order valence-corrected chi connectivity index (χ1v) is 7.20. The van der Waals surface area contributed by atoms with E-state index >= 15 is 0 Å². The molecule has 1 aromatic rings. The fourth-order valence-electron chi connectivity index (χ4n) is 2.17. The molecule has 5 heteroatoms. The summed E-state index contributed by atoms with van der Waals surface area (Å²) in [5, 5.41) is 0.0528. The quantitative estimate of drug-likeness (QED) is 0.578. The molecule has 1 aliphatic rings. The molecule has 2 unspecified atom stereocenters. The van der Waals surface area contributed by atoms with Crippen molar-refractivity contribution in [3.8, 4) is 0 Å². The van der Waals surface area contributed by atoms with Gasteiger partial charge >= 0.3 is 0 Å². The second-order valence-corrected chi connectivity index (χ2v) is 6.25. The van der Waals surface area contributed by atoms with E-state index in [0.29, 0.717) is 16.9 Å². The number of likely N-dealkylation sites (tertiary alicyclic amines) is 1. The highest BCUT2D eigenvalue weighted by Gasteiger charge is 2.26. The second kappa shape index (κ2) is 5.85. The van der Waals surface area contributed by atoms with Crippen molar-refractivity contribution in [2.75, 3.05) is 13.1 Å². The van der Waals surface area contributed by atoms with Crippen molar-refractivity contribution in [2.45, 2.75) is 25.3 Å². The molecule has 1 aliphatic heterocycles. The van der Waals surface area contributed by atoms with Crippen LogP contribution >= 0.6 is 27.5 Å². The fourth-order valence-corrected chi connectivity index (χ4v) is 2.86. The van der Waals surface area contributed by atoms with Crippen molar-refractivity contribution in [1.29, 1.82) is 0 Å². The second-order valence-electron chi connectivity index (χ2n) is 4.84. The minimum absolute atomic E-state index is 0.0528. The number of benzene rings is 1. The van der Waals surface area contributed by atoms with Crippen molar-refractivity contribution < 1.29 is 8.78 Å². The Morgan fingerprint density at radius 2 is 2.17 bits per heavy atom. The number of hydrogen-bond donors (Lipinski definition) is 0. The molecule has 0 amide bonds. The molecular weight excluding hydrogens is 324 g/mol. The molecule has 100 valence electrons. The van der Waals surface area contributed by atoms with Crippen LogP contribution in [-0.4, -0.2) is 23.4 Å². The third-order valence-electron chi connectivity index (χ3n) is 3.47. The highest BCUT2D eigenvalue weighted by molar-refractivity contribution is 9.10. The molecule has 0 spiro atoms. The summed E-state index contributed by atoms with van der Waals surface area (Å²) in [6.07, 6.45) is 0.964. The zero-order valence-corrected chi connectivity index (χ0v) is 12.4. The molecule has 0 bridgehead atoms. The Morgan fingerprint density at radius 1 is 1.44 bits per heavy atom. The Bertz CT molecular complexity index is 441. The van der Waals surface area contributed by atoms with Crippen LogP contribution in [0.1, 0.15) is 18.9 Å². The highest BCUT2D eigenvalue weighted by Crippen LogP contribution is 2.26. The Kier molecular flexibility index (Phi) is 4.62. The van der Waals surface area contributed by atoms with Crippen molar-refractivity contribution in [3.63, 3.8) is 0 Å². The summed E-state index contributed by atoms with van der Waals surface area (Å²) in [4.78, 5) is 2.01. The number of rotatable bonds is 2. The molecule has 0 aromatic heterocycles. The van der Waals surface area contributed by atoms with Crippen molar-refractivity contribution in [2.24, 2.45) is 5.92 Å². The summed E-state index contributed by atoms with van der Waals surface area (Å²) < 4.78 is 27.8. The molecule has 1 nitrogen and oxygen atoms in total. The largest absolute Gasteiger partial charge is 0.297 e. The zero-order valence-electron chi connectivity index (χ0n) is 10.1. The third-order valence-corrected chi connectivity index (χ3v) is 4.65. The van der Waals surface area contributed by atoms with Gasteiger partial charge < -0.3 is 0 Å². The molecule has 1 aromatic carbocycles. The van der Waals surface area contributed by atoms with Crippen LogP contribution in [-0.2, 0) is 6.54 Å². The SMILES string of the molecule is CC1CCN(Cc2c(F)ccc(Br)c2F)CC1Cl. The normalized spacial score (nSPS) is 25.4. The lowest BCUT2D eigenvalue weighted by atomic mass is 9.98. The predicted molar refractivity (Wildman–Crippen MR) is 72.8 cm³/mol. The van der Waals surface area contributed by atoms with Crippen LogP contribution in [0.15, 0.2) is 16.6 Å². The number of nitrogens with zero attached hydrogens (tertiary/aromatic N) is 1. The third kappa shape index (κ3) is 3.03. The van der Waals surface area contributed by atoms with Gasteiger partial charge in [-0.05, 0) is 46.9 Å². The first kappa shape index (κ1) is 14.2. The van der Waals surface area contributed by atoms with Crippen LogP contribution < -0.4 is 0 Å². The first-order valence-electron chi connectivity index (χ1n) is 5.98. The van der Waals surface area contributed by atoms with Gasteiger partial charge in [-0.25, -0.2) is 8.78 Å². The summed E-state index contributed by atoms with van der Waals surface area (Å²) in [6.45, 7) is 3.88. The molecule has 1 fully saturated rings. The average molecular weight is 339 g/mol. The molecule has 0 aliphatic carbocycles. The maximum absolute atomic E-state index is 13.8. The summed E-state index contributed by atoms with van der Waals surface area (Å²) in [5.74, 6) is -0.555. The topological polar surface area (TPSA) is 3.24 Å². The molecule has 0 saturated carbocycles. The molecule has 18 heavy (non-hydrogen) atoms. The van der Waals surface area contributed by atoms with Gasteiger partial charge in [-0.1, -0.05) is 6.92 Å². The first-order chi connectivity index (χ1) is 8.49. The van der Waals surface area contributed by atoms with Gasteiger partial charge in [0.15, 0.2) is 0 Å². The van der Waals surface area contributed by atoms with E-state index in [2.05, 4.69) is 22.9 Å². The summed E-state index contributed by atoms with van der Waals surface area (Å²) in [5.41, 5.74) is 0.114. The van der Waals surface area contributed by atoms with Gasteiger partial charge in [0.1, 0.15) is 11.6 Å². The van der Waals surface area contributed by atoms with Gasteiger partial charge in [-0.3, -0.25) is 4.90 Å². The lowest BCUT2D eigenvalue weighted by Gasteiger charge is -2.34. The Morgan fingerprint density at radius 3 is 2.83 bits per heavy atom. The van der Waals surface area contributed by atoms with Crippen LogP contribution in [0.3, 0.4) is 0 Å². The molecule has 2 atom stereocenters. The number of hydrogen-bond acceptors (Lipinski definition) is 1. The van der Waals surface area contributed by atoms with E-state index in [-0.39, 0.29) is 17.5 Å². The summed E-state index contributed by atoms with van der Waals surface area (Å²) in [6, 6.07) is 2.67. The average Bonchev–Trinajstić information content (AvgIpc) is 2.34. The molecule has 2 rings (SSSR count). The lowest BCUT2D eigenvalue weighted by Crippen LogP contribution is -2.40. The van der Waals surface area contributed by atoms with E-state index in [9.17, 15) is 8.78 Å². The van der Waals surface area contributed by atoms with Crippen molar-refractivity contribution in [3.05, 3.63) is 33.8 Å². The van der Waals surface area contributed by atoms with Gasteiger partial charge in [-0.15, -0.1) is 11.6 Å². The number of alkyl halides is 1. The Labute approximate surface area is 119 Å². The number of halogens is 4. The van der Waals surface area contributed by atoms with E-state index in [0.717, 1.165) is 13.0 Å². The van der Waals surface area contributed by atoms with Crippen molar-refractivity contribution >= 4 is 27.5 Å². The van der Waals surface area contributed by atoms with E-state index in [1.807, 2.05) is 4.90 Å². The van der Waals surface area contributed by atoms with Gasteiger partial charge in [0.05, 0.1) is 4.47 Å². The van der Waals surface area contributed by atoms with Crippen LogP contribution in [0.5, 0.6) is 0 Å². The summed E-state index contributed by atoms with van der Waals surface area (Å²) >= 11 is 9.28. The van der Waals surface area contributed by atoms with Gasteiger partial charge in [0.2, 0.25) is 0 Å². The smallest absolute Gasteiger partial charge is 0.144 e. The van der Waals surface area contributed by atoms with Crippen LogP contribution in [0.4, 0.5) is 8.78 Å². The van der Waals surface area contributed by atoms with Gasteiger partial charge in [-0.2, -0.15) is 0 Å². The van der Waals surface area contributed by atoms with E-state index in [1.165, 1.54) is 12.1 Å². The zero-order chi connectivity index (χ0) is 13.3. The molecule has 0 radical (unpaired) electrons. The maximum atomic E-state index is 13.8. The number of piperidine rings is 1. The van der Waals surface area contributed by atoms with Crippen molar-refractivity contribution in [1.82, 2.24) is 4.90 Å². The Hall–Kier alpha value is -0.190. The standard InChI is InChI=1S/C13H15BrClF2N/c1-8-4-5-18(7-11(8)15)6-9-12(16)3-2-10(14)13(9)17/h2-3,8,11H,4-7H2,1H3. The fraction of sp³-hybridized carbons (Fsp3) is 0.538. The van der Waals surface area contributed by atoms with Crippen LogP contribution in [0, 0.1) is 17.6 Å². The van der Waals surface area contributed by atoms with Crippen LogP contribution in [0.2, 0.25) is 0 Å². The molecular formula is C13H15BrClF2N. The van der Waals surface area contributed by atoms with E-state index in [1.54, 1.807) is 0 Å². The van der Waals surface area contributed by atoms with E-state index < -0.39 is 11.6 Å². The summed E-state index contributed by atoms with van der Waals surface area (Å²) in [7, 11) is 0. The van der Waals surface area contributed by atoms with E-state index in [4.69, 9.17) is 11.6 Å². The maximum Gasteiger partial charge on any atom is 0.144 e. The minimum atomic E-state index is -0.514. The lowest BCUT2D eigenvalue weighted by molar-refractivity contribution is 0.185. The van der Waals surface area contributed by atoms with Crippen LogP contribution in [0.25, 0.3) is 0 Å². The monoisotopic (exact) mass is 337 g/mol.